The monoisotopic (exact) mass is 418 g/mol. The average Bonchev–Trinajstić information content (AvgIpc) is 2.63. The Morgan fingerprint density at radius 2 is 1.28 bits per heavy atom. The van der Waals surface area contributed by atoms with Gasteiger partial charge in [0.25, 0.3) is 0 Å². The zero-order chi connectivity index (χ0) is 23.4. The van der Waals surface area contributed by atoms with Crippen LogP contribution in [0, 0.1) is 0 Å². The number of rotatable bonds is 13. The molecule has 29 heavy (non-hydrogen) atoms. The van der Waals surface area contributed by atoms with E-state index in [0.29, 0.717) is 33.6 Å². The average molecular weight is 418 g/mol. The van der Waals surface area contributed by atoms with Crippen LogP contribution >= 0.6 is 0 Å². The number of Topliss-reactive ketones (excluding diaryl/α,β-unsaturated/α-hetero) is 5. The molecule has 0 fully saturated rings. The molecule has 0 spiro atoms. The summed E-state index contributed by atoms with van der Waals surface area (Å²) in [7, 11) is 0. The van der Waals surface area contributed by atoms with Gasteiger partial charge in [0.1, 0.15) is 12.2 Å². The van der Waals surface area contributed by atoms with Crippen LogP contribution in [-0.4, -0.2) is 83.5 Å². The van der Waals surface area contributed by atoms with Crippen molar-refractivity contribution in [2.24, 2.45) is 0 Å². The van der Waals surface area contributed by atoms with Gasteiger partial charge in [0, 0.05) is 6.42 Å². The molecule has 0 heterocycles. The van der Waals surface area contributed by atoms with E-state index in [1.54, 1.807) is 0 Å². The van der Waals surface area contributed by atoms with E-state index in [4.69, 9.17) is 0 Å². The Hall–Kier alpha value is -1.85. The minimum absolute atomic E-state index is 0.163. The molecule has 0 bridgehead atoms. The summed E-state index contributed by atoms with van der Waals surface area (Å²) in [6.07, 6.45) is -4.47. The topological polar surface area (TPSA) is 186 Å². The van der Waals surface area contributed by atoms with Gasteiger partial charge in [-0.1, -0.05) is 19.8 Å². The molecule has 0 saturated carbocycles. The molecule has 0 aliphatic rings. The first-order chi connectivity index (χ1) is 13.1. The summed E-state index contributed by atoms with van der Waals surface area (Å²) in [6.45, 7) is 4.41. The van der Waals surface area contributed by atoms with Gasteiger partial charge in [0.2, 0.25) is 11.2 Å². The lowest BCUT2D eigenvalue weighted by Crippen LogP contribution is -2.82. The van der Waals surface area contributed by atoms with Crippen LogP contribution in [0.1, 0.15) is 60.3 Å². The Morgan fingerprint density at radius 1 is 0.793 bits per heavy atom. The Balaban J connectivity index is 6.93. The maximum atomic E-state index is 12.7. The molecule has 1 unspecified atom stereocenters. The molecule has 5 N–H and O–H groups in total. The van der Waals surface area contributed by atoms with Crippen molar-refractivity contribution in [2.45, 2.75) is 89.3 Å². The third kappa shape index (κ3) is 4.36. The predicted octanol–water partition coefficient (Wildman–Crippen LogP) is -1.59. The first kappa shape index (κ1) is 27.1. The molecular formula is C19H30O10. The van der Waals surface area contributed by atoms with Gasteiger partial charge in [-0.2, -0.15) is 0 Å². The van der Waals surface area contributed by atoms with Crippen LogP contribution in [0.4, 0.5) is 0 Å². The number of aliphatic hydroxyl groups excluding tert-OH is 2. The summed E-state index contributed by atoms with van der Waals surface area (Å²) in [4.78, 5) is 61.1. The second-order valence-corrected chi connectivity index (χ2v) is 7.24. The molecule has 0 saturated heterocycles. The first-order valence-corrected chi connectivity index (χ1v) is 9.18. The molecule has 0 aliphatic heterocycles. The standard InChI is InChI=1S/C19H30O10/c1-6-7-8-9-14(24)17(27,11(3)21)19(29,13(5)23)18(28,12(4)22)16(26)15(25)10(2)20/h15-16,25-29H,6-9H2,1-5H3/t15?,16-,17+,18-,19-/m1/s1. The molecule has 0 rings (SSSR count). The molecule has 5 atom stereocenters. The molecule has 10 heteroatoms. The molecule has 0 aliphatic carbocycles. The smallest absolute Gasteiger partial charge is 0.220 e. The van der Waals surface area contributed by atoms with Gasteiger partial charge >= 0.3 is 0 Å². The van der Waals surface area contributed by atoms with Crippen molar-refractivity contribution in [3.63, 3.8) is 0 Å². The lowest BCUT2D eigenvalue weighted by atomic mass is 9.60. The minimum atomic E-state index is -3.88. The quantitative estimate of drug-likeness (QED) is 0.172. The second kappa shape index (κ2) is 9.77. The Labute approximate surface area is 168 Å². The highest BCUT2D eigenvalue weighted by molar-refractivity contribution is 6.17. The fraction of sp³-hybridized carbons (Fsp3) is 0.737. The van der Waals surface area contributed by atoms with Gasteiger partial charge in [-0.25, -0.2) is 0 Å². The van der Waals surface area contributed by atoms with E-state index in [0.717, 1.165) is 6.92 Å². The SMILES string of the molecule is CCCCCC(=O)[C@@](O)(C(C)=O)[C@](O)(C(C)=O)[C@@](O)(C(C)=O)[C@H](O)C(O)C(C)=O. The van der Waals surface area contributed by atoms with E-state index >= 15 is 0 Å². The van der Waals surface area contributed by atoms with Gasteiger partial charge in [0.15, 0.2) is 34.5 Å². The van der Waals surface area contributed by atoms with E-state index in [-0.39, 0.29) is 6.42 Å². The van der Waals surface area contributed by atoms with E-state index in [2.05, 4.69) is 0 Å². The van der Waals surface area contributed by atoms with Crippen molar-refractivity contribution in [3.8, 4) is 0 Å². The highest BCUT2D eigenvalue weighted by atomic mass is 16.4. The van der Waals surface area contributed by atoms with Crippen molar-refractivity contribution in [1.29, 1.82) is 0 Å². The Bertz CT molecular complexity index is 686. The highest BCUT2D eigenvalue weighted by Gasteiger charge is 2.74. The molecule has 166 valence electrons. The second-order valence-electron chi connectivity index (χ2n) is 7.24. The van der Waals surface area contributed by atoms with Crippen molar-refractivity contribution in [1.82, 2.24) is 0 Å². The maximum absolute atomic E-state index is 12.7. The van der Waals surface area contributed by atoms with Gasteiger partial charge in [-0.15, -0.1) is 0 Å². The number of ketones is 5. The van der Waals surface area contributed by atoms with Crippen LogP contribution in [0.5, 0.6) is 0 Å². The number of aliphatic hydroxyl groups is 5. The Morgan fingerprint density at radius 3 is 1.59 bits per heavy atom. The van der Waals surface area contributed by atoms with Crippen molar-refractivity contribution in [3.05, 3.63) is 0 Å². The highest BCUT2D eigenvalue weighted by Crippen LogP contribution is 2.40. The lowest BCUT2D eigenvalue weighted by Gasteiger charge is -2.49. The molecule has 0 radical (unpaired) electrons. The van der Waals surface area contributed by atoms with Crippen LogP contribution in [0.25, 0.3) is 0 Å². The fourth-order valence-electron chi connectivity index (χ4n) is 3.30. The van der Waals surface area contributed by atoms with Crippen LogP contribution in [0.2, 0.25) is 0 Å². The van der Waals surface area contributed by atoms with Crippen molar-refractivity contribution < 1.29 is 49.5 Å². The van der Waals surface area contributed by atoms with E-state index in [1.807, 2.05) is 6.92 Å². The fourth-order valence-corrected chi connectivity index (χ4v) is 3.30. The zero-order valence-electron chi connectivity index (χ0n) is 17.3. The number of hydrogen-bond acceptors (Lipinski definition) is 10. The largest absolute Gasteiger partial charge is 0.386 e. The maximum Gasteiger partial charge on any atom is 0.220 e. The molecule has 0 amide bonds. The minimum Gasteiger partial charge on any atom is -0.386 e. The number of unbranched alkanes of at least 4 members (excludes halogenated alkanes) is 2. The lowest BCUT2D eigenvalue weighted by molar-refractivity contribution is -0.251. The summed E-state index contributed by atoms with van der Waals surface area (Å²) in [6, 6.07) is 0. The predicted molar refractivity (Wildman–Crippen MR) is 98.7 cm³/mol. The van der Waals surface area contributed by atoms with Crippen LogP contribution in [0.15, 0.2) is 0 Å². The summed E-state index contributed by atoms with van der Waals surface area (Å²) < 4.78 is 0. The number of carbonyl (C=O) groups is 5. The Kier molecular flexibility index (Phi) is 9.14. The van der Waals surface area contributed by atoms with Crippen molar-refractivity contribution >= 4 is 28.9 Å². The molecule has 0 aromatic heterocycles. The van der Waals surface area contributed by atoms with Crippen LogP contribution < -0.4 is 0 Å². The van der Waals surface area contributed by atoms with Gasteiger partial charge in [-0.05, 0) is 34.1 Å². The summed E-state index contributed by atoms with van der Waals surface area (Å²) >= 11 is 0. The third-order valence-electron chi connectivity index (χ3n) is 5.19. The molecule has 0 aromatic carbocycles. The van der Waals surface area contributed by atoms with E-state index in [1.165, 1.54) is 0 Å². The van der Waals surface area contributed by atoms with E-state index < -0.39 is 64.3 Å². The number of carbonyl (C=O) groups excluding carboxylic acids is 5. The third-order valence-corrected chi connectivity index (χ3v) is 5.19. The van der Waals surface area contributed by atoms with Crippen LogP contribution in [-0.2, 0) is 24.0 Å². The molecular weight excluding hydrogens is 388 g/mol. The normalized spacial score (nSPS) is 19.8. The van der Waals surface area contributed by atoms with E-state index in [9.17, 15) is 49.5 Å². The summed E-state index contributed by atoms with van der Waals surface area (Å²) in [5.74, 6) is -7.15. The molecule has 10 nitrogen and oxygen atoms in total. The van der Waals surface area contributed by atoms with Gasteiger partial charge < -0.3 is 25.5 Å². The first-order valence-electron chi connectivity index (χ1n) is 9.18. The van der Waals surface area contributed by atoms with Crippen LogP contribution in [0.3, 0.4) is 0 Å². The summed E-state index contributed by atoms with van der Waals surface area (Å²) in [5, 5.41) is 53.1. The van der Waals surface area contributed by atoms with Gasteiger partial charge in [-0.3, -0.25) is 24.0 Å². The zero-order valence-corrected chi connectivity index (χ0v) is 17.3. The van der Waals surface area contributed by atoms with Crippen molar-refractivity contribution in [2.75, 3.05) is 0 Å². The van der Waals surface area contributed by atoms with Gasteiger partial charge in [0.05, 0.1) is 0 Å². The molecule has 0 aromatic rings. The summed E-state index contributed by atoms with van der Waals surface area (Å²) in [5.41, 5.74) is -11.3. The number of hydrogen-bond donors (Lipinski definition) is 5.